The van der Waals surface area contributed by atoms with Crippen molar-refractivity contribution in [1.29, 1.82) is 0 Å². The Bertz CT molecular complexity index is 671. The molecule has 1 atom stereocenters. The maximum Gasteiger partial charge on any atom is 0.257 e. The number of hydrogen-bond acceptors (Lipinski definition) is 3. The van der Waals surface area contributed by atoms with Gasteiger partial charge in [0.25, 0.3) is 5.91 Å². The molecule has 1 amide bonds. The smallest absolute Gasteiger partial charge is 0.257 e. The van der Waals surface area contributed by atoms with Gasteiger partial charge in [-0.25, -0.2) is 0 Å². The summed E-state index contributed by atoms with van der Waals surface area (Å²) in [6.07, 6.45) is 9.96. The van der Waals surface area contributed by atoms with Crippen molar-refractivity contribution < 1.29 is 4.79 Å². The van der Waals surface area contributed by atoms with Crippen molar-refractivity contribution in [2.45, 2.75) is 44.2 Å². The van der Waals surface area contributed by atoms with Crippen LogP contribution in [0.25, 0.3) is 0 Å². The van der Waals surface area contributed by atoms with E-state index in [9.17, 15) is 4.79 Å². The van der Waals surface area contributed by atoms with E-state index in [-0.39, 0.29) is 11.9 Å². The number of carbonyl (C=O) groups excluding carboxylic acids is 1. The van der Waals surface area contributed by atoms with Crippen LogP contribution in [0.3, 0.4) is 0 Å². The minimum absolute atomic E-state index is 0.143. The fraction of sp³-hybridized carbons (Fsp3) is 0.562. The van der Waals surface area contributed by atoms with Gasteiger partial charge >= 0.3 is 0 Å². The van der Waals surface area contributed by atoms with E-state index in [2.05, 4.69) is 10.2 Å². The number of rotatable bonds is 4. The molecule has 0 bridgehead atoms. The van der Waals surface area contributed by atoms with E-state index in [1.54, 1.807) is 12.4 Å². The Morgan fingerprint density at radius 2 is 2.18 bits per heavy atom. The summed E-state index contributed by atoms with van der Waals surface area (Å²) < 4.78 is 3.80. The third-order valence-corrected chi connectivity index (χ3v) is 4.77. The van der Waals surface area contributed by atoms with Crippen LogP contribution in [-0.2, 0) is 13.6 Å². The van der Waals surface area contributed by atoms with Crippen LogP contribution in [0.2, 0.25) is 0 Å². The Morgan fingerprint density at radius 3 is 2.91 bits per heavy atom. The van der Waals surface area contributed by atoms with Crippen LogP contribution in [0.1, 0.15) is 47.7 Å². The lowest BCUT2D eigenvalue weighted by Crippen LogP contribution is -2.38. The molecule has 1 saturated heterocycles. The SMILES string of the molecule is Cn1ncc(C(=O)N2CCC[C@H]2Cn2cccn2)c1C1CC1. The fourth-order valence-corrected chi connectivity index (χ4v) is 3.52. The van der Waals surface area contributed by atoms with E-state index in [0.29, 0.717) is 5.92 Å². The summed E-state index contributed by atoms with van der Waals surface area (Å²) in [4.78, 5) is 15.0. The zero-order chi connectivity index (χ0) is 15.1. The number of carbonyl (C=O) groups is 1. The molecule has 1 aliphatic heterocycles. The summed E-state index contributed by atoms with van der Waals surface area (Å²) in [5, 5.41) is 8.59. The number of amides is 1. The van der Waals surface area contributed by atoms with Crippen LogP contribution in [0, 0.1) is 0 Å². The second kappa shape index (κ2) is 5.26. The van der Waals surface area contributed by atoms with E-state index < -0.39 is 0 Å². The lowest BCUT2D eigenvalue weighted by molar-refractivity contribution is 0.0720. The van der Waals surface area contributed by atoms with Crippen molar-refractivity contribution >= 4 is 5.91 Å². The van der Waals surface area contributed by atoms with Gasteiger partial charge in [-0.05, 0) is 31.7 Å². The highest BCUT2D eigenvalue weighted by atomic mass is 16.2. The lowest BCUT2D eigenvalue weighted by Gasteiger charge is -2.24. The van der Waals surface area contributed by atoms with Crippen LogP contribution in [-0.4, -0.2) is 43.0 Å². The summed E-state index contributed by atoms with van der Waals surface area (Å²) in [6, 6.07) is 2.16. The van der Waals surface area contributed by atoms with Crippen molar-refractivity contribution in [3.8, 4) is 0 Å². The molecule has 4 rings (SSSR count). The standard InChI is InChI=1S/C16H21N5O/c1-19-15(12-5-6-12)14(10-18-19)16(22)21-9-2-4-13(21)11-20-8-3-7-17-20/h3,7-8,10,12-13H,2,4-6,9,11H2,1H3/t13-/m0/s1. The van der Waals surface area contributed by atoms with Gasteiger partial charge in [0, 0.05) is 31.9 Å². The maximum atomic E-state index is 13.0. The van der Waals surface area contributed by atoms with Gasteiger partial charge < -0.3 is 4.90 Å². The van der Waals surface area contributed by atoms with Crippen LogP contribution in [0.15, 0.2) is 24.7 Å². The molecule has 3 heterocycles. The Morgan fingerprint density at radius 1 is 1.32 bits per heavy atom. The van der Waals surface area contributed by atoms with Crippen LogP contribution in [0.5, 0.6) is 0 Å². The zero-order valence-electron chi connectivity index (χ0n) is 12.9. The third kappa shape index (κ3) is 2.32. The topological polar surface area (TPSA) is 56.0 Å². The molecule has 2 aromatic rings. The van der Waals surface area contributed by atoms with Crippen molar-refractivity contribution in [2.24, 2.45) is 7.05 Å². The Hall–Kier alpha value is -2.11. The molecule has 0 spiro atoms. The van der Waals surface area contributed by atoms with E-state index in [0.717, 1.165) is 37.2 Å². The van der Waals surface area contributed by atoms with Crippen LogP contribution >= 0.6 is 0 Å². The summed E-state index contributed by atoms with van der Waals surface area (Å²) in [5.74, 6) is 0.670. The predicted molar refractivity (Wildman–Crippen MR) is 81.5 cm³/mol. The number of aromatic nitrogens is 4. The predicted octanol–water partition coefficient (Wildman–Crippen LogP) is 1.80. The molecule has 1 saturated carbocycles. The molecular formula is C16H21N5O. The molecule has 0 N–H and O–H groups in total. The van der Waals surface area contributed by atoms with Gasteiger partial charge in [-0.2, -0.15) is 10.2 Å². The monoisotopic (exact) mass is 299 g/mol. The van der Waals surface area contributed by atoms with Crippen LogP contribution < -0.4 is 0 Å². The molecule has 6 heteroatoms. The Kier molecular flexibility index (Phi) is 3.24. The van der Waals surface area contributed by atoms with Gasteiger partial charge in [0.15, 0.2) is 0 Å². The highest BCUT2D eigenvalue weighted by Gasteiger charge is 2.36. The number of hydrogen-bond donors (Lipinski definition) is 0. The highest BCUT2D eigenvalue weighted by molar-refractivity contribution is 5.95. The first kappa shape index (κ1) is 13.5. The third-order valence-electron chi connectivity index (χ3n) is 4.77. The first-order valence-corrected chi connectivity index (χ1v) is 8.04. The average Bonchev–Trinajstić information content (AvgIpc) is 2.94. The molecule has 2 fully saturated rings. The summed E-state index contributed by atoms with van der Waals surface area (Å²) >= 11 is 0. The largest absolute Gasteiger partial charge is 0.334 e. The molecule has 2 aromatic heterocycles. The van der Waals surface area contributed by atoms with Gasteiger partial charge in [0.1, 0.15) is 0 Å². The molecule has 0 aromatic carbocycles. The second-order valence-electron chi connectivity index (χ2n) is 6.36. The summed E-state index contributed by atoms with van der Waals surface area (Å²) in [5.41, 5.74) is 1.92. The van der Waals surface area contributed by atoms with Crippen molar-refractivity contribution in [3.63, 3.8) is 0 Å². The van der Waals surface area contributed by atoms with Gasteiger partial charge in [-0.1, -0.05) is 0 Å². The molecule has 2 aliphatic rings. The molecule has 22 heavy (non-hydrogen) atoms. The number of aryl methyl sites for hydroxylation is 1. The second-order valence-corrected chi connectivity index (χ2v) is 6.36. The minimum Gasteiger partial charge on any atom is -0.334 e. The number of nitrogens with zero attached hydrogens (tertiary/aromatic N) is 5. The molecule has 116 valence electrons. The normalized spacial score (nSPS) is 21.5. The average molecular weight is 299 g/mol. The molecule has 6 nitrogen and oxygen atoms in total. The number of likely N-dealkylation sites (tertiary alicyclic amines) is 1. The van der Waals surface area contributed by atoms with Gasteiger partial charge in [0.2, 0.25) is 0 Å². The van der Waals surface area contributed by atoms with Crippen molar-refractivity contribution in [2.75, 3.05) is 6.54 Å². The lowest BCUT2D eigenvalue weighted by atomic mass is 10.1. The maximum absolute atomic E-state index is 13.0. The fourth-order valence-electron chi connectivity index (χ4n) is 3.52. The first-order valence-electron chi connectivity index (χ1n) is 8.04. The van der Waals surface area contributed by atoms with Gasteiger partial charge in [-0.15, -0.1) is 0 Å². The summed E-state index contributed by atoms with van der Waals surface area (Å²) in [7, 11) is 1.94. The first-order chi connectivity index (χ1) is 10.7. The van der Waals surface area contributed by atoms with Crippen LogP contribution in [0.4, 0.5) is 0 Å². The van der Waals surface area contributed by atoms with E-state index >= 15 is 0 Å². The Balaban J connectivity index is 1.56. The Labute approximate surface area is 129 Å². The minimum atomic E-state index is 0.143. The molecular weight excluding hydrogens is 278 g/mol. The highest BCUT2D eigenvalue weighted by Crippen LogP contribution is 2.41. The van der Waals surface area contributed by atoms with Crippen molar-refractivity contribution in [1.82, 2.24) is 24.5 Å². The van der Waals surface area contributed by atoms with Gasteiger partial charge in [0.05, 0.1) is 30.0 Å². The molecule has 0 unspecified atom stereocenters. The van der Waals surface area contributed by atoms with E-state index in [4.69, 9.17) is 0 Å². The van der Waals surface area contributed by atoms with Crippen molar-refractivity contribution in [3.05, 3.63) is 35.9 Å². The quantitative estimate of drug-likeness (QED) is 0.865. The molecule has 1 aliphatic carbocycles. The van der Waals surface area contributed by atoms with Gasteiger partial charge in [-0.3, -0.25) is 14.2 Å². The van der Waals surface area contributed by atoms with E-state index in [1.165, 1.54) is 12.8 Å². The van der Waals surface area contributed by atoms with E-state index in [1.807, 2.05) is 33.6 Å². The summed E-state index contributed by atoms with van der Waals surface area (Å²) in [6.45, 7) is 1.61. The zero-order valence-corrected chi connectivity index (χ0v) is 12.9. The molecule has 0 radical (unpaired) electrons.